The molecule has 0 atom stereocenters. The molecule has 74 valence electrons. The van der Waals surface area contributed by atoms with E-state index in [-0.39, 0.29) is 0 Å². The molecule has 3 aromatic rings. The van der Waals surface area contributed by atoms with Crippen LogP contribution in [0.2, 0.25) is 5.02 Å². The summed E-state index contributed by atoms with van der Waals surface area (Å²) in [5.41, 5.74) is 3.78. The van der Waals surface area contributed by atoms with Gasteiger partial charge in [0.2, 0.25) is 0 Å². The molecule has 3 nitrogen and oxygen atoms in total. The van der Waals surface area contributed by atoms with Crippen LogP contribution in [-0.4, -0.2) is 15.0 Å². The molecule has 1 aromatic carbocycles. The summed E-state index contributed by atoms with van der Waals surface area (Å²) >= 11 is 5.96. The molecule has 0 fully saturated rings. The van der Waals surface area contributed by atoms with Crippen molar-refractivity contribution in [3.63, 3.8) is 0 Å². The predicted molar refractivity (Wildman–Crippen MR) is 61.1 cm³/mol. The maximum Gasteiger partial charge on any atom is 0.110 e. The molecule has 0 saturated carbocycles. The Kier molecular flexibility index (Phi) is 1.70. The highest BCUT2D eigenvalue weighted by Gasteiger charge is 2.07. The molecular formula is C11H8ClN3. The molecule has 15 heavy (non-hydrogen) atoms. The number of hydrogen-bond acceptors (Lipinski definition) is 2. The van der Waals surface area contributed by atoms with Gasteiger partial charge in [-0.15, -0.1) is 0 Å². The summed E-state index contributed by atoms with van der Waals surface area (Å²) in [4.78, 5) is 11.8. The van der Waals surface area contributed by atoms with Crippen molar-refractivity contribution >= 4 is 33.5 Å². The first kappa shape index (κ1) is 8.68. The number of halogens is 1. The summed E-state index contributed by atoms with van der Waals surface area (Å²) in [6.45, 7) is 1.96. The first-order chi connectivity index (χ1) is 7.25. The largest absolute Gasteiger partial charge is 0.344 e. The molecule has 0 aliphatic heterocycles. The molecule has 0 saturated heterocycles. The van der Waals surface area contributed by atoms with Gasteiger partial charge in [-0.3, -0.25) is 4.98 Å². The van der Waals surface area contributed by atoms with Crippen molar-refractivity contribution in [2.24, 2.45) is 0 Å². The van der Waals surface area contributed by atoms with Gasteiger partial charge in [-0.05, 0) is 25.1 Å². The molecule has 0 unspecified atom stereocenters. The normalized spacial score (nSPS) is 11.3. The van der Waals surface area contributed by atoms with Crippen LogP contribution in [0.5, 0.6) is 0 Å². The van der Waals surface area contributed by atoms with Crippen LogP contribution in [0.25, 0.3) is 21.9 Å². The number of imidazole rings is 1. The van der Waals surface area contributed by atoms with Gasteiger partial charge in [0, 0.05) is 10.4 Å². The lowest BCUT2D eigenvalue weighted by Gasteiger charge is -2.01. The van der Waals surface area contributed by atoms with Crippen molar-refractivity contribution in [3.05, 3.63) is 35.2 Å². The van der Waals surface area contributed by atoms with E-state index in [0.717, 1.165) is 27.6 Å². The zero-order chi connectivity index (χ0) is 10.4. The minimum absolute atomic E-state index is 0.712. The Hall–Kier alpha value is -1.61. The van der Waals surface area contributed by atoms with Crippen molar-refractivity contribution in [1.29, 1.82) is 0 Å². The van der Waals surface area contributed by atoms with E-state index in [2.05, 4.69) is 15.0 Å². The number of nitrogens with one attached hydrogen (secondary N) is 1. The van der Waals surface area contributed by atoms with Gasteiger partial charge in [0.05, 0.1) is 23.1 Å². The average Bonchev–Trinajstić information content (AvgIpc) is 2.69. The highest BCUT2D eigenvalue weighted by molar-refractivity contribution is 6.31. The molecule has 0 amide bonds. The Morgan fingerprint density at radius 1 is 1.33 bits per heavy atom. The monoisotopic (exact) mass is 217 g/mol. The van der Waals surface area contributed by atoms with Crippen LogP contribution in [0.15, 0.2) is 24.5 Å². The van der Waals surface area contributed by atoms with Gasteiger partial charge in [-0.25, -0.2) is 4.98 Å². The number of pyridine rings is 1. The third kappa shape index (κ3) is 1.20. The number of nitrogens with zero attached hydrogens (tertiary/aromatic N) is 2. The third-order valence-corrected chi connectivity index (χ3v) is 2.73. The Bertz CT molecular complexity index is 657. The summed E-state index contributed by atoms with van der Waals surface area (Å²) in [5.74, 6) is 0. The van der Waals surface area contributed by atoms with Crippen molar-refractivity contribution in [2.75, 3.05) is 0 Å². The standard InChI is InChI=1S/C11H8ClN3/c1-6-10-11(14-5-13-10)8-4-7(12)2-3-9(8)15-6/h2-5H,1H3,(H,13,14). The van der Waals surface area contributed by atoms with E-state index >= 15 is 0 Å². The third-order valence-electron chi connectivity index (χ3n) is 2.50. The second-order valence-corrected chi connectivity index (χ2v) is 3.92. The number of hydrogen-bond donors (Lipinski definition) is 1. The van der Waals surface area contributed by atoms with E-state index in [0.29, 0.717) is 5.02 Å². The van der Waals surface area contributed by atoms with Gasteiger partial charge < -0.3 is 4.98 Å². The maximum absolute atomic E-state index is 5.96. The zero-order valence-electron chi connectivity index (χ0n) is 8.08. The predicted octanol–water partition coefficient (Wildman–Crippen LogP) is 3.07. The van der Waals surface area contributed by atoms with Gasteiger partial charge in [-0.2, -0.15) is 0 Å². The number of fused-ring (bicyclic) bond motifs is 3. The van der Waals surface area contributed by atoms with Crippen molar-refractivity contribution in [3.8, 4) is 0 Å². The quantitative estimate of drug-likeness (QED) is 0.629. The Morgan fingerprint density at radius 2 is 2.20 bits per heavy atom. The number of H-pyrrole nitrogens is 1. The number of aromatic amines is 1. The highest BCUT2D eigenvalue weighted by atomic mass is 35.5. The summed E-state index contributed by atoms with van der Waals surface area (Å²) in [6, 6.07) is 5.67. The van der Waals surface area contributed by atoms with Gasteiger partial charge >= 0.3 is 0 Å². The molecule has 0 aliphatic rings. The van der Waals surface area contributed by atoms with E-state index in [1.807, 2.05) is 25.1 Å². The first-order valence-corrected chi connectivity index (χ1v) is 5.02. The SMILES string of the molecule is Cc1nc2ccc(Cl)cc2c2[nH]cnc12. The summed E-state index contributed by atoms with van der Waals surface area (Å²) in [7, 11) is 0. The fourth-order valence-electron chi connectivity index (χ4n) is 1.81. The lowest BCUT2D eigenvalue weighted by Crippen LogP contribution is -1.86. The van der Waals surface area contributed by atoms with Crippen LogP contribution in [0, 0.1) is 6.92 Å². The van der Waals surface area contributed by atoms with Crippen molar-refractivity contribution in [2.45, 2.75) is 6.92 Å². The van der Waals surface area contributed by atoms with Crippen molar-refractivity contribution in [1.82, 2.24) is 15.0 Å². The molecule has 0 spiro atoms. The van der Waals surface area contributed by atoms with Crippen molar-refractivity contribution < 1.29 is 0 Å². The molecule has 4 heteroatoms. The molecule has 1 N–H and O–H groups in total. The first-order valence-electron chi connectivity index (χ1n) is 4.64. The van der Waals surface area contributed by atoms with E-state index in [9.17, 15) is 0 Å². The number of rotatable bonds is 0. The highest BCUT2D eigenvalue weighted by Crippen LogP contribution is 2.25. The Morgan fingerprint density at radius 3 is 3.07 bits per heavy atom. The van der Waals surface area contributed by atoms with Gasteiger partial charge in [-0.1, -0.05) is 11.6 Å². The van der Waals surface area contributed by atoms with Gasteiger partial charge in [0.25, 0.3) is 0 Å². The minimum atomic E-state index is 0.712. The minimum Gasteiger partial charge on any atom is -0.344 e. The van der Waals surface area contributed by atoms with E-state index in [4.69, 9.17) is 11.6 Å². The molecule has 2 heterocycles. The smallest absolute Gasteiger partial charge is 0.110 e. The second kappa shape index (κ2) is 2.94. The van der Waals surface area contributed by atoms with Crippen LogP contribution in [0.3, 0.4) is 0 Å². The number of benzene rings is 1. The molecule has 2 aromatic heterocycles. The fourth-order valence-corrected chi connectivity index (χ4v) is 1.99. The molecule has 0 radical (unpaired) electrons. The van der Waals surface area contributed by atoms with Gasteiger partial charge in [0.15, 0.2) is 0 Å². The zero-order valence-corrected chi connectivity index (χ0v) is 8.84. The topological polar surface area (TPSA) is 41.6 Å². The maximum atomic E-state index is 5.96. The number of aromatic nitrogens is 3. The molecule has 0 bridgehead atoms. The average molecular weight is 218 g/mol. The Balaban J connectivity index is 2.61. The second-order valence-electron chi connectivity index (χ2n) is 3.48. The van der Waals surface area contributed by atoms with Crippen LogP contribution in [0.4, 0.5) is 0 Å². The number of aryl methyl sites for hydroxylation is 1. The Labute approximate surface area is 91.1 Å². The summed E-state index contributed by atoms with van der Waals surface area (Å²) < 4.78 is 0. The van der Waals surface area contributed by atoms with E-state index < -0.39 is 0 Å². The fraction of sp³-hybridized carbons (Fsp3) is 0.0909. The van der Waals surface area contributed by atoms with E-state index in [1.165, 1.54) is 0 Å². The van der Waals surface area contributed by atoms with Crippen LogP contribution < -0.4 is 0 Å². The lowest BCUT2D eigenvalue weighted by atomic mass is 10.1. The van der Waals surface area contributed by atoms with E-state index in [1.54, 1.807) is 6.33 Å². The van der Waals surface area contributed by atoms with Crippen LogP contribution in [0.1, 0.15) is 5.69 Å². The molecule has 0 aliphatic carbocycles. The summed E-state index contributed by atoms with van der Waals surface area (Å²) in [6.07, 6.45) is 1.68. The lowest BCUT2D eigenvalue weighted by molar-refractivity contribution is 1.26. The summed E-state index contributed by atoms with van der Waals surface area (Å²) in [5, 5.41) is 1.73. The molecular weight excluding hydrogens is 210 g/mol. The van der Waals surface area contributed by atoms with Crippen LogP contribution in [-0.2, 0) is 0 Å². The van der Waals surface area contributed by atoms with Gasteiger partial charge in [0.1, 0.15) is 5.52 Å². The molecule has 3 rings (SSSR count). The van der Waals surface area contributed by atoms with Crippen LogP contribution >= 0.6 is 11.6 Å².